The van der Waals surface area contributed by atoms with Gasteiger partial charge in [0.1, 0.15) is 6.10 Å². The van der Waals surface area contributed by atoms with Crippen molar-refractivity contribution in [2.75, 3.05) is 0 Å². The smallest absolute Gasteiger partial charge is 0.384 e. The van der Waals surface area contributed by atoms with Crippen molar-refractivity contribution in [2.24, 2.45) is 0 Å². The Morgan fingerprint density at radius 1 is 1.20 bits per heavy atom. The van der Waals surface area contributed by atoms with E-state index in [0.29, 0.717) is 21.2 Å². The number of halogens is 4. The number of alkyl halides is 3. The minimum absolute atomic E-state index is 0.382. The highest BCUT2D eigenvalue weighted by molar-refractivity contribution is 9.10. The van der Waals surface area contributed by atoms with Crippen molar-refractivity contribution in [1.82, 2.24) is 4.98 Å². The van der Waals surface area contributed by atoms with Gasteiger partial charge in [0.15, 0.2) is 0 Å². The van der Waals surface area contributed by atoms with Gasteiger partial charge in [-0.3, -0.25) is 4.98 Å². The molecule has 6 heteroatoms. The van der Waals surface area contributed by atoms with Gasteiger partial charge in [-0.1, -0.05) is 6.07 Å². The van der Waals surface area contributed by atoms with Crippen LogP contribution in [0.2, 0.25) is 0 Å². The summed E-state index contributed by atoms with van der Waals surface area (Å²) in [4.78, 5) is 3.93. The van der Waals surface area contributed by atoms with E-state index in [-0.39, 0.29) is 0 Å². The molecule has 20 heavy (non-hydrogen) atoms. The lowest BCUT2D eigenvalue weighted by atomic mass is 9.97. The molecule has 0 fully saturated rings. The summed E-state index contributed by atoms with van der Waals surface area (Å²) in [6, 6.07) is 4.97. The van der Waals surface area contributed by atoms with E-state index in [2.05, 4.69) is 20.9 Å². The summed E-state index contributed by atoms with van der Waals surface area (Å²) in [6.07, 6.45) is -2.35. The van der Waals surface area contributed by atoms with Crippen LogP contribution in [0.5, 0.6) is 0 Å². The van der Waals surface area contributed by atoms with E-state index in [1.165, 1.54) is 12.3 Å². The fourth-order valence-electron chi connectivity index (χ4n) is 1.92. The monoisotopic (exact) mass is 345 g/mol. The van der Waals surface area contributed by atoms with Gasteiger partial charge in [0.05, 0.1) is 5.56 Å². The lowest BCUT2D eigenvalue weighted by molar-refractivity contribution is -0.137. The molecule has 0 amide bonds. The predicted octanol–water partition coefficient (Wildman–Crippen LogP) is 4.25. The Labute approximate surface area is 122 Å². The third-order valence-corrected chi connectivity index (χ3v) is 3.37. The highest BCUT2D eigenvalue weighted by Gasteiger charge is 2.31. The highest BCUT2D eigenvalue weighted by atomic mass is 79.9. The van der Waals surface area contributed by atoms with Crippen molar-refractivity contribution in [3.8, 4) is 0 Å². The van der Waals surface area contributed by atoms with E-state index in [4.69, 9.17) is 0 Å². The van der Waals surface area contributed by atoms with Crippen LogP contribution in [0.25, 0.3) is 0 Å². The Balaban J connectivity index is 2.38. The summed E-state index contributed by atoms with van der Waals surface area (Å²) in [6.45, 7) is 1.54. The van der Waals surface area contributed by atoms with Crippen LogP contribution in [0.4, 0.5) is 13.2 Å². The maximum Gasteiger partial charge on any atom is 0.416 e. The van der Waals surface area contributed by atoms with Gasteiger partial charge in [0.2, 0.25) is 0 Å². The zero-order valence-corrected chi connectivity index (χ0v) is 12.0. The molecule has 0 aliphatic rings. The average molecular weight is 346 g/mol. The molecule has 0 saturated heterocycles. The first-order valence-corrected chi connectivity index (χ1v) is 6.54. The highest BCUT2D eigenvalue weighted by Crippen LogP contribution is 2.33. The molecule has 0 radical (unpaired) electrons. The summed E-state index contributed by atoms with van der Waals surface area (Å²) in [5.74, 6) is 0. The summed E-state index contributed by atoms with van der Waals surface area (Å²) in [5.41, 5.74) is 0.603. The second-order valence-electron chi connectivity index (χ2n) is 4.41. The van der Waals surface area contributed by atoms with Crippen molar-refractivity contribution in [3.05, 3.63) is 63.4 Å². The topological polar surface area (TPSA) is 33.1 Å². The average Bonchev–Trinajstić information content (AvgIpc) is 2.36. The number of aromatic nitrogens is 1. The van der Waals surface area contributed by atoms with E-state index < -0.39 is 17.8 Å². The standard InChI is InChI=1S/C14H11BrF3NO/c1-8-4-10(14(16,17)18)2-3-12(8)13(20)9-5-11(15)7-19-6-9/h2-7,13,20H,1H3. The number of hydrogen-bond acceptors (Lipinski definition) is 2. The van der Waals surface area contributed by atoms with Crippen molar-refractivity contribution in [3.63, 3.8) is 0 Å². The number of hydrogen-bond donors (Lipinski definition) is 1. The van der Waals surface area contributed by atoms with Gasteiger partial charge in [-0.2, -0.15) is 13.2 Å². The van der Waals surface area contributed by atoms with E-state index in [9.17, 15) is 18.3 Å². The van der Waals surface area contributed by atoms with Gasteiger partial charge in [-0.05, 0) is 52.2 Å². The number of pyridine rings is 1. The maximum absolute atomic E-state index is 12.6. The number of rotatable bonds is 2. The van der Waals surface area contributed by atoms with Crippen LogP contribution in [0.15, 0.2) is 41.1 Å². The van der Waals surface area contributed by atoms with Gasteiger partial charge in [-0.25, -0.2) is 0 Å². The van der Waals surface area contributed by atoms with Crippen molar-refractivity contribution < 1.29 is 18.3 Å². The number of benzene rings is 1. The molecule has 0 aliphatic carbocycles. The SMILES string of the molecule is Cc1cc(C(F)(F)F)ccc1C(O)c1cncc(Br)c1. The molecule has 2 rings (SSSR count). The molecule has 0 saturated carbocycles. The third kappa shape index (κ3) is 3.19. The van der Waals surface area contributed by atoms with Crippen LogP contribution in [-0.2, 0) is 6.18 Å². The summed E-state index contributed by atoms with van der Waals surface area (Å²) < 4.78 is 38.5. The first-order chi connectivity index (χ1) is 9.29. The first-order valence-electron chi connectivity index (χ1n) is 5.75. The van der Waals surface area contributed by atoms with Crippen LogP contribution < -0.4 is 0 Å². The lowest BCUT2D eigenvalue weighted by Crippen LogP contribution is -2.08. The molecule has 1 unspecified atom stereocenters. The Morgan fingerprint density at radius 3 is 2.45 bits per heavy atom. The van der Waals surface area contributed by atoms with E-state index in [1.54, 1.807) is 19.2 Å². The molecule has 1 N–H and O–H groups in total. The molecule has 0 spiro atoms. The van der Waals surface area contributed by atoms with Crippen LogP contribution in [0.1, 0.15) is 28.4 Å². The zero-order chi connectivity index (χ0) is 14.9. The molecular formula is C14H11BrF3NO. The molecule has 106 valence electrons. The largest absolute Gasteiger partial charge is 0.416 e. The molecule has 0 aliphatic heterocycles. The zero-order valence-electron chi connectivity index (χ0n) is 10.4. The second kappa shape index (κ2) is 5.54. The van der Waals surface area contributed by atoms with Crippen LogP contribution in [0.3, 0.4) is 0 Å². The van der Waals surface area contributed by atoms with E-state index >= 15 is 0 Å². The molecule has 1 aromatic carbocycles. The molecule has 2 nitrogen and oxygen atoms in total. The minimum Gasteiger partial charge on any atom is -0.384 e. The van der Waals surface area contributed by atoms with Gasteiger partial charge in [0, 0.05) is 22.4 Å². The van der Waals surface area contributed by atoms with Crippen molar-refractivity contribution in [1.29, 1.82) is 0 Å². The Bertz CT molecular complexity index is 628. The predicted molar refractivity (Wildman–Crippen MR) is 72.2 cm³/mol. The maximum atomic E-state index is 12.6. The molecular weight excluding hydrogens is 335 g/mol. The van der Waals surface area contributed by atoms with E-state index in [0.717, 1.165) is 12.1 Å². The molecule has 2 aromatic rings. The van der Waals surface area contributed by atoms with Crippen LogP contribution in [-0.4, -0.2) is 10.1 Å². The normalized spacial score (nSPS) is 13.3. The summed E-state index contributed by atoms with van der Waals surface area (Å²) in [7, 11) is 0. The lowest BCUT2D eigenvalue weighted by Gasteiger charge is -2.16. The number of aliphatic hydroxyl groups is 1. The molecule has 1 heterocycles. The fraction of sp³-hybridized carbons (Fsp3) is 0.214. The van der Waals surface area contributed by atoms with Crippen LogP contribution >= 0.6 is 15.9 Å². The molecule has 1 atom stereocenters. The Kier molecular flexibility index (Phi) is 4.15. The number of aliphatic hydroxyl groups excluding tert-OH is 1. The van der Waals surface area contributed by atoms with Gasteiger partial charge in [-0.15, -0.1) is 0 Å². The minimum atomic E-state index is -4.38. The number of aryl methyl sites for hydroxylation is 1. The Morgan fingerprint density at radius 2 is 1.90 bits per heavy atom. The second-order valence-corrected chi connectivity index (χ2v) is 5.32. The quantitative estimate of drug-likeness (QED) is 0.882. The number of nitrogens with zero attached hydrogens (tertiary/aromatic N) is 1. The van der Waals surface area contributed by atoms with E-state index in [1.807, 2.05) is 0 Å². The van der Waals surface area contributed by atoms with Crippen LogP contribution in [0, 0.1) is 6.92 Å². The third-order valence-electron chi connectivity index (χ3n) is 2.93. The van der Waals surface area contributed by atoms with Gasteiger partial charge in [0.25, 0.3) is 0 Å². The van der Waals surface area contributed by atoms with Crippen molar-refractivity contribution in [2.45, 2.75) is 19.2 Å². The van der Waals surface area contributed by atoms with Crippen molar-refractivity contribution >= 4 is 15.9 Å². The fourth-order valence-corrected chi connectivity index (χ4v) is 2.30. The van der Waals surface area contributed by atoms with Gasteiger partial charge < -0.3 is 5.11 Å². The van der Waals surface area contributed by atoms with Gasteiger partial charge >= 0.3 is 6.18 Å². The summed E-state index contributed by atoms with van der Waals surface area (Å²) >= 11 is 3.24. The first kappa shape index (κ1) is 15.0. The molecule has 1 aromatic heterocycles. The Hall–Kier alpha value is -1.40. The summed E-state index contributed by atoms with van der Waals surface area (Å²) in [5, 5.41) is 10.2. The molecule has 0 bridgehead atoms.